The van der Waals surface area contributed by atoms with Gasteiger partial charge in [-0.3, -0.25) is 4.90 Å². The Morgan fingerprint density at radius 1 is 1.22 bits per heavy atom. The number of nitrogens with zero attached hydrogens (tertiary/aromatic N) is 2. The van der Waals surface area contributed by atoms with Crippen molar-refractivity contribution in [3.05, 3.63) is 46.7 Å². The van der Waals surface area contributed by atoms with Crippen molar-refractivity contribution in [3.8, 4) is 0 Å². The Labute approximate surface area is 166 Å². The Hall–Kier alpha value is -1.46. The first kappa shape index (κ1) is 18.9. The predicted molar refractivity (Wildman–Crippen MR) is 111 cm³/mol. The van der Waals surface area contributed by atoms with Crippen molar-refractivity contribution in [2.24, 2.45) is 0 Å². The van der Waals surface area contributed by atoms with Crippen molar-refractivity contribution in [2.45, 2.75) is 63.3 Å². The number of halogens is 1. The third-order valence-corrected chi connectivity index (χ3v) is 7.29. The molecule has 4 rings (SSSR count). The van der Waals surface area contributed by atoms with Crippen LogP contribution < -0.4 is 5.32 Å². The summed E-state index contributed by atoms with van der Waals surface area (Å²) in [7, 11) is 0. The van der Waals surface area contributed by atoms with Gasteiger partial charge in [-0.1, -0.05) is 44.4 Å². The van der Waals surface area contributed by atoms with Crippen LogP contribution in [0.25, 0.3) is 0 Å². The molecule has 0 amide bonds. The third-order valence-electron chi connectivity index (χ3n) is 6.49. The van der Waals surface area contributed by atoms with Crippen molar-refractivity contribution < 1.29 is 4.39 Å². The number of rotatable bonds is 6. The Morgan fingerprint density at radius 2 is 2.04 bits per heavy atom. The molecule has 1 saturated carbocycles. The number of hydrogen-bond donors (Lipinski definition) is 1. The van der Waals surface area contributed by atoms with Gasteiger partial charge in [0.2, 0.25) is 0 Å². The highest BCUT2D eigenvalue weighted by molar-refractivity contribution is 7.13. The molecule has 1 saturated heterocycles. The fourth-order valence-electron chi connectivity index (χ4n) is 4.99. The van der Waals surface area contributed by atoms with Gasteiger partial charge in [-0.25, -0.2) is 9.37 Å². The Balaban J connectivity index is 1.55. The number of hydrogen-bond acceptors (Lipinski definition) is 4. The van der Waals surface area contributed by atoms with E-state index in [9.17, 15) is 4.39 Å². The number of likely N-dealkylation sites (N-methyl/N-ethyl adjacent to an activating group) is 1. The highest BCUT2D eigenvalue weighted by Crippen LogP contribution is 2.46. The minimum Gasteiger partial charge on any atom is -0.360 e. The molecule has 2 fully saturated rings. The van der Waals surface area contributed by atoms with Gasteiger partial charge in [-0.15, -0.1) is 11.3 Å². The Morgan fingerprint density at radius 3 is 2.81 bits per heavy atom. The van der Waals surface area contributed by atoms with Crippen LogP contribution >= 0.6 is 11.3 Å². The van der Waals surface area contributed by atoms with Gasteiger partial charge in [-0.05, 0) is 50.4 Å². The van der Waals surface area contributed by atoms with E-state index < -0.39 is 0 Å². The number of anilines is 1. The molecule has 1 aliphatic carbocycles. The number of likely N-dealkylation sites (tertiary alicyclic amines) is 1. The molecule has 146 valence electrons. The first-order valence-corrected chi connectivity index (χ1v) is 11.3. The van der Waals surface area contributed by atoms with E-state index in [2.05, 4.69) is 22.5 Å². The minimum absolute atomic E-state index is 0.0912. The third kappa shape index (κ3) is 3.77. The lowest BCUT2D eigenvalue weighted by atomic mass is 9.67. The second kappa shape index (κ2) is 8.27. The molecule has 3 nitrogen and oxygen atoms in total. The molecule has 1 unspecified atom stereocenters. The standard InChI is InChI=1S/C22H30FN3S/c1-2-26-14-8-9-17(26)15-24-21-25-20(16-27-21)22(12-6-3-7-13-22)18-10-4-5-11-19(18)23/h4-5,10-11,16-17H,2-3,6-9,12-15H2,1H3,(H,24,25). The molecule has 0 spiro atoms. The lowest BCUT2D eigenvalue weighted by molar-refractivity contribution is 0.277. The maximum atomic E-state index is 14.7. The lowest BCUT2D eigenvalue weighted by Gasteiger charge is -2.36. The highest BCUT2D eigenvalue weighted by atomic mass is 32.1. The SMILES string of the molecule is CCN1CCCC1CNc1nc(C2(c3ccccc3F)CCCCC2)cs1. The largest absolute Gasteiger partial charge is 0.360 e. The zero-order chi connectivity index (χ0) is 18.7. The number of benzene rings is 1. The van der Waals surface area contributed by atoms with Crippen LogP contribution in [0.1, 0.15) is 63.1 Å². The molecule has 0 bridgehead atoms. The highest BCUT2D eigenvalue weighted by Gasteiger charge is 2.39. The van der Waals surface area contributed by atoms with Gasteiger partial charge in [-0.2, -0.15) is 0 Å². The van der Waals surface area contributed by atoms with Crippen molar-refractivity contribution in [1.29, 1.82) is 0 Å². The van der Waals surface area contributed by atoms with Gasteiger partial charge in [0.1, 0.15) is 5.82 Å². The van der Waals surface area contributed by atoms with E-state index in [0.717, 1.165) is 55.2 Å². The van der Waals surface area contributed by atoms with E-state index >= 15 is 0 Å². The van der Waals surface area contributed by atoms with Gasteiger partial charge >= 0.3 is 0 Å². The molecule has 27 heavy (non-hydrogen) atoms. The van der Waals surface area contributed by atoms with E-state index in [-0.39, 0.29) is 11.2 Å². The van der Waals surface area contributed by atoms with Gasteiger partial charge < -0.3 is 5.32 Å². The Bertz CT molecular complexity index is 754. The number of thiazole rings is 1. The Kier molecular flexibility index (Phi) is 5.79. The zero-order valence-electron chi connectivity index (χ0n) is 16.2. The summed E-state index contributed by atoms with van der Waals surface area (Å²) in [6, 6.07) is 7.91. The minimum atomic E-state index is -0.261. The summed E-state index contributed by atoms with van der Waals surface area (Å²) in [6.07, 6.45) is 8.05. The molecule has 2 aromatic rings. The van der Waals surface area contributed by atoms with E-state index in [1.165, 1.54) is 25.8 Å². The predicted octanol–water partition coefficient (Wildman–Crippen LogP) is 5.43. The molecular weight excluding hydrogens is 357 g/mol. The number of nitrogens with one attached hydrogen (secondary N) is 1. The maximum Gasteiger partial charge on any atom is 0.182 e. The molecule has 1 aliphatic heterocycles. The van der Waals surface area contributed by atoms with Crippen LogP contribution in [-0.4, -0.2) is 35.6 Å². The smallest absolute Gasteiger partial charge is 0.182 e. The molecule has 1 atom stereocenters. The maximum absolute atomic E-state index is 14.7. The molecule has 1 aromatic carbocycles. The first-order valence-electron chi connectivity index (χ1n) is 10.4. The quantitative estimate of drug-likeness (QED) is 0.716. The van der Waals surface area contributed by atoms with E-state index in [1.807, 2.05) is 12.1 Å². The summed E-state index contributed by atoms with van der Waals surface area (Å²) in [6.45, 7) is 5.52. The van der Waals surface area contributed by atoms with Gasteiger partial charge in [0.15, 0.2) is 5.13 Å². The van der Waals surface area contributed by atoms with Crippen LogP contribution in [0, 0.1) is 5.82 Å². The van der Waals surface area contributed by atoms with Gasteiger partial charge in [0.25, 0.3) is 0 Å². The second-order valence-corrected chi connectivity index (χ2v) is 8.82. The summed E-state index contributed by atoms with van der Waals surface area (Å²) in [5.41, 5.74) is 1.62. The summed E-state index contributed by atoms with van der Waals surface area (Å²) in [4.78, 5) is 7.50. The zero-order valence-corrected chi connectivity index (χ0v) is 17.0. The molecular formula is C22H30FN3S. The average Bonchev–Trinajstić information content (AvgIpc) is 3.36. The van der Waals surface area contributed by atoms with Crippen LogP contribution in [0.15, 0.2) is 29.6 Å². The van der Waals surface area contributed by atoms with Crippen LogP contribution in [0.3, 0.4) is 0 Å². The van der Waals surface area contributed by atoms with E-state index in [0.29, 0.717) is 6.04 Å². The fourth-order valence-corrected chi connectivity index (χ4v) is 5.81. The summed E-state index contributed by atoms with van der Waals surface area (Å²) in [5, 5.41) is 6.71. The lowest BCUT2D eigenvalue weighted by Crippen LogP contribution is -2.34. The van der Waals surface area contributed by atoms with Crippen LogP contribution in [0.4, 0.5) is 9.52 Å². The second-order valence-electron chi connectivity index (χ2n) is 7.97. The van der Waals surface area contributed by atoms with Crippen molar-refractivity contribution in [3.63, 3.8) is 0 Å². The topological polar surface area (TPSA) is 28.2 Å². The normalized spacial score (nSPS) is 22.8. The first-order chi connectivity index (χ1) is 13.2. The fraction of sp³-hybridized carbons (Fsp3) is 0.591. The monoisotopic (exact) mass is 387 g/mol. The summed E-state index contributed by atoms with van der Waals surface area (Å²) >= 11 is 1.67. The van der Waals surface area contributed by atoms with Crippen molar-refractivity contribution >= 4 is 16.5 Å². The molecule has 5 heteroatoms. The van der Waals surface area contributed by atoms with Crippen molar-refractivity contribution in [2.75, 3.05) is 25.0 Å². The van der Waals surface area contributed by atoms with Crippen LogP contribution in [0.5, 0.6) is 0 Å². The molecule has 1 aromatic heterocycles. The average molecular weight is 388 g/mol. The summed E-state index contributed by atoms with van der Waals surface area (Å²) < 4.78 is 14.7. The van der Waals surface area contributed by atoms with Crippen molar-refractivity contribution in [1.82, 2.24) is 9.88 Å². The van der Waals surface area contributed by atoms with Crippen LogP contribution in [0.2, 0.25) is 0 Å². The van der Waals surface area contributed by atoms with E-state index in [4.69, 9.17) is 4.98 Å². The molecule has 1 N–H and O–H groups in total. The molecule has 0 radical (unpaired) electrons. The molecule has 2 aliphatic rings. The van der Waals surface area contributed by atoms with Gasteiger partial charge in [0.05, 0.1) is 5.69 Å². The summed E-state index contributed by atoms with van der Waals surface area (Å²) in [5.74, 6) is -0.0912. The van der Waals surface area contributed by atoms with Crippen LogP contribution in [-0.2, 0) is 5.41 Å². The van der Waals surface area contributed by atoms with Gasteiger partial charge in [0, 0.05) is 23.4 Å². The molecule has 2 heterocycles. The number of aromatic nitrogens is 1. The van der Waals surface area contributed by atoms with E-state index in [1.54, 1.807) is 23.5 Å².